The summed E-state index contributed by atoms with van der Waals surface area (Å²) >= 11 is 1.40. The van der Waals surface area contributed by atoms with Gasteiger partial charge in [-0.2, -0.15) is 0 Å². The van der Waals surface area contributed by atoms with Crippen molar-refractivity contribution in [3.05, 3.63) is 54.1 Å². The van der Waals surface area contributed by atoms with Gasteiger partial charge in [0.05, 0.1) is 18.6 Å². The van der Waals surface area contributed by atoms with E-state index in [4.69, 9.17) is 4.74 Å². The SMILES string of the molecule is CC[C@H](C)NC(=O)CSc1nnc(-c2ccc(OC)cc2)n1-c1ccccc1C(C)C. The fraction of sp³-hybridized carbons (Fsp3) is 0.375. The zero-order chi connectivity index (χ0) is 22.4. The first-order chi connectivity index (χ1) is 14.9. The maximum Gasteiger partial charge on any atom is 0.230 e. The summed E-state index contributed by atoms with van der Waals surface area (Å²) in [5.41, 5.74) is 3.16. The van der Waals surface area contributed by atoms with Crippen LogP contribution in [-0.2, 0) is 4.79 Å². The molecule has 0 aliphatic carbocycles. The summed E-state index contributed by atoms with van der Waals surface area (Å²) in [6.07, 6.45) is 0.899. The number of para-hydroxylation sites is 1. The number of hydrogen-bond acceptors (Lipinski definition) is 5. The average Bonchev–Trinajstić information content (AvgIpc) is 3.21. The molecule has 0 fully saturated rings. The van der Waals surface area contributed by atoms with Gasteiger partial charge < -0.3 is 10.1 Å². The van der Waals surface area contributed by atoms with Crippen molar-refractivity contribution in [2.45, 2.75) is 51.2 Å². The molecule has 1 atom stereocenters. The van der Waals surface area contributed by atoms with Crippen LogP contribution >= 0.6 is 11.8 Å². The van der Waals surface area contributed by atoms with Gasteiger partial charge in [-0.05, 0) is 55.2 Å². The molecule has 1 N–H and O–H groups in total. The van der Waals surface area contributed by atoms with Crippen molar-refractivity contribution in [2.75, 3.05) is 12.9 Å². The second kappa shape index (κ2) is 10.5. The number of aromatic nitrogens is 3. The van der Waals surface area contributed by atoms with Crippen LogP contribution < -0.4 is 10.1 Å². The molecule has 0 bridgehead atoms. The number of thioether (sulfide) groups is 1. The molecule has 0 unspecified atom stereocenters. The van der Waals surface area contributed by atoms with Crippen LogP contribution in [0.2, 0.25) is 0 Å². The molecule has 0 spiro atoms. The summed E-state index contributed by atoms with van der Waals surface area (Å²) in [7, 11) is 1.65. The molecule has 31 heavy (non-hydrogen) atoms. The third-order valence-corrected chi connectivity index (χ3v) is 6.06. The van der Waals surface area contributed by atoms with E-state index in [0.29, 0.717) is 11.1 Å². The zero-order valence-electron chi connectivity index (χ0n) is 18.8. The molecule has 1 heterocycles. The van der Waals surface area contributed by atoms with E-state index in [2.05, 4.69) is 53.0 Å². The molecule has 1 aromatic heterocycles. The maximum absolute atomic E-state index is 12.4. The Bertz CT molecular complexity index is 1010. The minimum Gasteiger partial charge on any atom is -0.497 e. The Morgan fingerprint density at radius 2 is 1.81 bits per heavy atom. The lowest BCUT2D eigenvalue weighted by Gasteiger charge is -2.17. The van der Waals surface area contributed by atoms with E-state index in [1.165, 1.54) is 17.3 Å². The lowest BCUT2D eigenvalue weighted by molar-refractivity contribution is -0.119. The summed E-state index contributed by atoms with van der Waals surface area (Å²) < 4.78 is 7.34. The molecule has 3 aromatic rings. The molecule has 0 aliphatic heterocycles. The van der Waals surface area contributed by atoms with Crippen LogP contribution in [0.1, 0.15) is 45.6 Å². The van der Waals surface area contributed by atoms with Crippen LogP contribution in [0.15, 0.2) is 53.7 Å². The molecule has 6 nitrogen and oxygen atoms in total. The van der Waals surface area contributed by atoms with Gasteiger partial charge in [-0.1, -0.05) is 50.7 Å². The minimum absolute atomic E-state index is 0.00274. The lowest BCUT2D eigenvalue weighted by Crippen LogP contribution is -2.33. The molecule has 0 saturated heterocycles. The van der Waals surface area contributed by atoms with Gasteiger partial charge in [0, 0.05) is 11.6 Å². The normalized spacial score (nSPS) is 12.1. The summed E-state index contributed by atoms with van der Waals surface area (Å²) in [6.45, 7) is 8.40. The molecule has 3 rings (SSSR count). The molecular formula is C24H30N4O2S. The number of ether oxygens (including phenoxy) is 1. The van der Waals surface area contributed by atoms with Crippen molar-refractivity contribution in [1.82, 2.24) is 20.1 Å². The highest BCUT2D eigenvalue weighted by atomic mass is 32.2. The molecule has 0 saturated carbocycles. The molecule has 0 aliphatic rings. The number of benzene rings is 2. The van der Waals surface area contributed by atoms with Crippen molar-refractivity contribution >= 4 is 17.7 Å². The third-order valence-electron chi connectivity index (χ3n) is 5.13. The van der Waals surface area contributed by atoms with Gasteiger partial charge in [-0.15, -0.1) is 10.2 Å². The van der Waals surface area contributed by atoms with Gasteiger partial charge in [0.1, 0.15) is 5.75 Å². The van der Waals surface area contributed by atoms with Gasteiger partial charge in [-0.25, -0.2) is 0 Å². The highest BCUT2D eigenvalue weighted by Crippen LogP contribution is 2.32. The minimum atomic E-state index is -0.00274. The predicted molar refractivity (Wildman–Crippen MR) is 126 cm³/mol. The first-order valence-electron chi connectivity index (χ1n) is 10.6. The van der Waals surface area contributed by atoms with Gasteiger partial charge in [0.15, 0.2) is 11.0 Å². The fourth-order valence-electron chi connectivity index (χ4n) is 3.24. The van der Waals surface area contributed by atoms with Crippen molar-refractivity contribution in [3.8, 4) is 22.8 Å². The Morgan fingerprint density at radius 3 is 2.45 bits per heavy atom. The first-order valence-corrected chi connectivity index (χ1v) is 11.5. The summed E-state index contributed by atoms with van der Waals surface area (Å²) in [4.78, 5) is 12.4. The number of nitrogens with zero attached hydrogens (tertiary/aromatic N) is 3. The first kappa shape index (κ1) is 22.9. The fourth-order valence-corrected chi connectivity index (χ4v) is 3.99. The quantitative estimate of drug-likeness (QED) is 0.472. The van der Waals surface area contributed by atoms with Crippen LogP contribution in [-0.4, -0.2) is 39.6 Å². The number of methoxy groups -OCH3 is 1. The highest BCUT2D eigenvalue weighted by Gasteiger charge is 2.20. The van der Waals surface area contributed by atoms with Gasteiger partial charge in [0.2, 0.25) is 5.91 Å². The summed E-state index contributed by atoms with van der Waals surface area (Å²) in [5.74, 6) is 2.13. The maximum atomic E-state index is 12.4. The van der Waals surface area contributed by atoms with Crippen LogP contribution in [0.25, 0.3) is 17.1 Å². The van der Waals surface area contributed by atoms with Crippen LogP contribution in [0.3, 0.4) is 0 Å². The third kappa shape index (κ3) is 5.47. The number of carbonyl (C=O) groups excluding carboxylic acids is 1. The van der Waals surface area contributed by atoms with E-state index in [-0.39, 0.29) is 17.7 Å². The Balaban J connectivity index is 2.02. The Labute approximate surface area is 188 Å². The number of nitrogens with one attached hydrogen (secondary N) is 1. The molecular weight excluding hydrogens is 408 g/mol. The van der Waals surface area contributed by atoms with Crippen molar-refractivity contribution in [2.24, 2.45) is 0 Å². The topological polar surface area (TPSA) is 69.0 Å². The molecule has 1 amide bonds. The lowest BCUT2D eigenvalue weighted by atomic mass is 10.0. The van der Waals surface area contributed by atoms with Crippen LogP contribution in [0, 0.1) is 0 Å². The Kier molecular flexibility index (Phi) is 7.74. The van der Waals surface area contributed by atoms with Crippen molar-refractivity contribution in [1.29, 1.82) is 0 Å². The predicted octanol–water partition coefficient (Wildman–Crippen LogP) is 5.07. The van der Waals surface area contributed by atoms with Gasteiger partial charge in [0.25, 0.3) is 0 Å². The Morgan fingerprint density at radius 1 is 1.10 bits per heavy atom. The van der Waals surface area contributed by atoms with Gasteiger partial charge >= 0.3 is 0 Å². The number of carbonyl (C=O) groups is 1. The Hall–Kier alpha value is -2.80. The average molecular weight is 439 g/mol. The van der Waals surface area contributed by atoms with E-state index in [0.717, 1.165) is 29.2 Å². The highest BCUT2D eigenvalue weighted by molar-refractivity contribution is 7.99. The summed E-state index contributed by atoms with van der Waals surface area (Å²) in [5, 5.41) is 12.6. The molecule has 164 valence electrons. The molecule has 2 aromatic carbocycles. The second-order valence-corrected chi connectivity index (χ2v) is 8.69. The molecule has 0 radical (unpaired) electrons. The van der Waals surface area contributed by atoms with Gasteiger partial charge in [-0.3, -0.25) is 9.36 Å². The molecule has 7 heteroatoms. The van der Waals surface area contributed by atoms with Crippen molar-refractivity contribution < 1.29 is 9.53 Å². The van der Waals surface area contributed by atoms with E-state index in [1.807, 2.05) is 43.3 Å². The largest absolute Gasteiger partial charge is 0.497 e. The van der Waals surface area contributed by atoms with Crippen LogP contribution in [0.4, 0.5) is 0 Å². The zero-order valence-corrected chi connectivity index (χ0v) is 19.6. The monoisotopic (exact) mass is 438 g/mol. The van der Waals surface area contributed by atoms with Crippen molar-refractivity contribution in [3.63, 3.8) is 0 Å². The van der Waals surface area contributed by atoms with E-state index >= 15 is 0 Å². The smallest absolute Gasteiger partial charge is 0.230 e. The van der Waals surface area contributed by atoms with Crippen LogP contribution in [0.5, 0.6) is 5.75 Å². The standard InChI is InChI=1S/C24H30N4O2S/c1-6-17(4)25-22(29)15-31-24-27-26-23(18-11-13-19(30-5)14-12-18)28(24)21-10-8-7-9-20(21)16(2)3/h7-14,16-17H,6,15H2,1-5H3,(H,25,29)/t17-/m0/s1. The number of amides is 1. The van der Waals surface area contributed by atoms with E-state index < -0.39 is 0 Å². The number of hydrogen-bond donors (Lipinski definition) is 1. The second-order valence-electron chi connectivity index (χ2n) is 7.75. The van der Waals surface area contributed by atoms with E-state index in [9.17, 15) is 4.79 Å². The number of rotatable bonds is 9. The summed E-state index contributed by atoms with van der Waals surface area (Å²) in [6, 6.07) is 16.2. The van der Waals surface area contributed by atoms with E-state index in [1.54, 1.807) is 7.11 Å².